The van der Waals surface area contributed by atoms with Crippen molar-refractivity contribution in [1.29, 1.82) is 0 Å². The Balaban J connectivity index is 2.24. The molecule has 0 bridgehead atoms. The van der Waals surface area contributed by atoms with Crippen LogP contribution in [0.25, 0.3) is 0 Å². The molecule has 0 radical (unpaired) electrons. The van der Waals surface area contributed by atoms with Gasteiger partial charge in [0.2, 0.25) is 0 Å². The summed E-state index contributed by atoms with van der Waals surface area (Å²) in [6.07, 6.45) is 1.25. The average Bonchev–Trinajstić information content (AvgIpc) is 2.92. The number of rotatable bonds is 4. The lowest BCUT2D eigenvalue weighted by atomic mass is 10.2. The number of aromatic nitrogens is 2. The van der Waals surface area contributed by atoms with Gasteiger partial charge in [-0.15, -0.1) is 0 Å². The molecule has 0 spiro atoms. The lowest BCUT2D eigenvalue weighted by Crippen LogP contribution is -2.24. The quantitative estimate of drug-likeness (QED) is 0.407. The number of ether oxygens (including phenoxy) is 1. The second-order valence-electron chi connectivity index (χ2n) is 4.20. The van der Waals surface area contributed by atoms with Crippen LogP contribution in [0.3, 0.4) is 0 Å². The predicted octanol–water partition coefficient (Wildman–Crippen LogP) is -1.05. The van der Waals surface area contributed by atoms with Crippen LogP contribution in [0.2, 0.25) is 0 Å². The smallest absolute Gasteiger partial charge is 0.153 e. The van der Waals surface area contributed by atoms with Gasteiger partial charge in [0.05, 0.1) is 19.0 Å². The van der Waals surface area contributed by atoms with Crippen molar-refractivity contribution in [2.45, 2.75) is 24.9 Å². The van der Waals surface area contributed by atoms with Gasteiger partial charge in [0.1, 0.15) is 23.8 Å². The first kappa shape index (κ1) is 13.5. The molecule has 1 fully saturated rings. The molecular weight excluding hydrogens is 250 g/mol. The fourth-order valence-electron chi connectivity index (χ4n) is 2.01. The van der Waals surface area contributed by atoms with E-state index in [1.165, 1.54) is 12.5 Å². The molecule has 104 valence electrons. The van der Waals surface area contributed by atoms with Crippen molar-refractivity contribution in [2.24, 2.45) is 10.7 Å². The maximum atomic E-state index is 9.69. The summed E-state index contributed by atoms with van der Waals surface area (Å²) < 4.78 is 7.04. The Morgan fingerprint density at radius 2 is 2.47 bits per heavy atom. The molecule has 8 heteroatoms. The van der Waals surface area contributed by atoms with E-state index in [2.05, 4.69) is 16.6 Å². The van der Waals surface area contributed by atoms with Gasteiger partial charge in [-0.2, -0.15) is 0 Å². The highest BCUT2D eigenvalue weighted by atomic mass is 16.5. The lowest BCUT2D eigenvalue weighted by Gasteiger charge is -2.14. The molecular formula is C11H17N5O3. The Hall–Kier alpha value is -1.90. The Bertz CT molecular complexity index is 499. The minimum absolute atomic E-state index is 0.156. The molecule has 2 heterocycles. The Morgan fingerprint density at radius 3 is 3.05 bits per heavy atom. The van der Waals surface area contributed by atoms with Crippen LogP contribution in [0, 0.1) is 0 Å². The standard InChI is InChI=1S/C11H17N5O3/c1-2-14-10(12)9-11(13)16(5-15-9)8-3-6(18)7(4-17)19-8/h2,5-8,17-18H,1,3-4,13H2,(H2,12,14)/t6?,7-,8-/m1/s1. The van der Waals surface area contributed by atoms with Crippen LogP contribution >= 0.6 is 0 Å². The van der Waals surface area contributed by atoms with E-state index in [0.717, 1.165) is 0 Å². The third kappa shape index (κ3) is 2.46. The van der Waals surface area contributed by atoms with E-state index in [9.17, 15) is 5.11 Å². The van der Waals surface area contributed by atoms with Crippen LogP contribution < -0.4 is 11.5 Å². The van der Waals surface area contributed by atoms with Gasteiger partial charge in [0, 0.05) is 12.6 Å². The third-order valence-corrected chi connectivity index (χ3v) is 3.00. The van der Waals surface area contributed by atoms with E-state index < -0.39 is 18.4 Å². The molecule has 2 rings (SSSR count). The number of hydrogen-bond acceptors (Lipinski definition) is 6. The first-order valence-corrected chi connectivity index (χ1v) is 5.79. The van der Waals surface area contributed by atoms with Gasteiger partial charge in [0.25, 0.3) is 0 Å². The van der Waals surface area contributed by atoms with Gasteiger partial charge < -0.3 is 26.4 Å². The zero-order valence-corrected chi connectivity index (χ0v) is 10.3. The average molecular weight is 267 g/mol. The maximum absolute atomic E-state index is 9.69. The van der Waals surface area contributed by atoms with Crippen LogP contribution in [0.4, 0.5) is 5.82 Å². The first-order chi connectivity index (χ1) is 9.08. The van der Waals surface area contributed by atoms with E-state index in [1.54, 1.807) is 4.57 Å². The highest BCUT2D eigenvalue weighted by Crippen LogP contribution is 2.31. The van der Waals surface area contributed by atoms with Crippen LogP contribution in [0.1, 0.15) is 18.3 Å². The van der Waals surface area contributed by atoms with Crippen molar-refractivity contribution in [2.75, 3.05) is 12.3 Å². The number of aliphatic imine (C=N–C) groups is 1. The minimum atomic E-state index is -0.737. The number of nitrogens with zero attached hydrogens (tertiary/aromatic N) is 3. The Labute approximate surface area is 110 Å². The monoisotopic (exact) mass is 267 g/mol. The molecule has 1 aliphatic heterocycles. The summed E-state index contributed by atoms with van der Waals surface area (Å²) in [4.78, 5) is 7.88. The molecule has 19 heavy (non-hydrogen) atoms. The van der Waals surface area contributed by atoms with Gasteiger partial charge in [-0.3, -0.25) is 4.57 Å². The van der Waals surface area contributed by atoms with Crippen molar-refractivity contribution in [1.82, 2.24) is 9.55 Å². The number of aliphatic hydroxyl groups excluding tert-OH is 2. The lowest BCUT2D eigenvalue weighted by molar-refractivity contribution is -0.0436. The molecule has 6 N–H and O–H groups in total. The zero-order chi connectivity index (χ0) is 14.0. The molecule has 1 saturated heterocycles. The molecule has 0 aliphatic carbocycles. The second kappa shape index (κ2) is 5.39. The topological polar surface area (TPSA) is 132 Å². The number of imidazole rings is 1. The van der Waals surface area contributed by atoms with E-state index in [0.29, 0.717) is 17.9 Å². The van der Waals surface area contributed by atoms with E-state index in [-0.39, 0.29) is 12.4 Å². The SMILES string of the molecule is C=C/N=C(/N)c1ncn([C@H]2CC(O)[C@@H](CO)O2)c1N. The van der Waals surface area contributed by atoms with Gasteiger partial charge in [-0.1, -0.05) is 6.58 Å². The summed E-state index contributed by atoms with van der Waals surface area (Å²) in [6.45, 7) is 3.19. The van der Waals surface area contributed by atoms with Crippen LogP contribution in [-0.2, 0) is 4.74 Å². The summed E-state index contributed by atoms with van der Waals surface area (Å²) in [5.74, 6) is 0.447. The molecule has 0 amide bonds. The number of anilines is 1. The summed E-state index contributed by atoms with van der Waals surface area (Å²) >= 11 is 0. The van der Waals surface area contributed by atoms with E-state index in [4.69, 9.17) is 21.3 Å². The van der Waals surface area contributed by atoms with Crippen LogP contribution in [0.15, 0.2) is 24.1 Å². The fourth-order valence-corrected chi connectivity index (χ4v) is 2.01. The largest absolute Gasteiger partial charge is 0.394 e. The maximum Gasteiger partial charge on any atom is 0.153 e. The van der Waals surface area contributed by atoms with E-state index >= 15 is 0 Å². The molecule has 1 aliphatic rings. The zero-order valence-electron chi connectivity index (χ0n) is 10.3. The third-order valence-electron chi connectivity index (χ3n) is 3.00. The summed E-state index contributed by atoms with van der Waals surface area (Å²) in [6, 6.07) is 0. The Kier molecular flexibility index (Phi) is 3.84. The van der Waals surface area contributed by atoms with E-state index in [1.807, 2.05) is 0 Å². The molecule has 8 nitrogen and oxygen atoms in total. The number of amidine groups is 1. The summed E-state index contributed by atoms with van der Waals surface area (Å²) in [5.41, 5.74) is 12.0. The van der Waals surface area contributed by atoms with Crippen molar-refractivity contribution in [3.63, 3.8) is 0 Å². The number of nitrogen functional groups attached to an aromatic ring is 1. The summed E-state index contributed by atoms with van der Waals surface area (Å²) in [5, 5.41) is 18.7. The molecule has 1 aromatic heterocycles. The van der Waals surface area contributed by atoms with Gasteiger partial charge in [-0.25, -0.2) is 9.98 Å². The molecule has 1 aromatic rings. The minimum Gasteiger partial charge on any atom is -0.394 e. The van der Waals surface area contributed by atoms with Crippen molar-refractivity contribution in [3.05, 3.63) is 24.8 Å². The highest BCUT2D eigenvalue weighted by molar-refractivity contribution is 5.99. The fraction of sp³-hybridized carbons (Fsp3) is 0.455. The number of hydrogen-bond donors (Lipinski definition) is 4. The summed E-state index contributed by atoms with van der Waals surface area (Å²) in [7, 11) is 0. The molecule has 0 aromatic carbocycles. The normalized spacial score (nSPS) is 27.7. The van der Waals surface area contributed by atoms with Gasteiger partial charge >= 0.3 is 0 Å². The van der Waals surface area contributed by atoms with Gasteiger partial charge in [0.15, 0.2) is 5.84 Å². The van der Waals surface area contributed by atoms with Crippen LogP contribution in [-0.4, -0.2) is 44.4 Å². The first-order valence-electron chi connectivity index (χ1n) is 5.79. The molecule has 1 unspecified atom stereocenters. The van der Waals surface area contributed by atoms with Gasteiger partial charge in [-0.05, 0) is 0 Å². The number of nitrogens with two attached hydrogens (primary N) is 2. The molecule has 0 saturated carbocycles. The Morgan fingerprint density at radius 1 is 1.74 bits per heavy atom. The number of aliphatic hydroxyl groups is 2. The predicted molar refractivity (Wildman–Crippen MR) is 69.2 cm³/mol. The highest BCUT2D eigenvalue weighted by Gasteiger charge is 2.35. The van der Waals surface area contributed by atoms with Crippen LogP contribution in [0.5, 0.6) is 0 Å². The van der Waals surface area contributed by atoms with Crippen molar-refractivity contribution >= 4 is 11.7 Å². The van der Waals surface area contributed by atoms with Crippen molar-refractivity contribution < 1.29 is 14.9 Å². The molecule has 3 atom stereocenters. The van der Waals surface area contributed by atoms with Crippen molar-refractivity contribution in [3.8, 4) is 0 Å². The second-order valence-corrected chi connectivity index (χ2v) is 4.20.